The van der Waals surface area contributed by atoms with E-state index in [0.29, 0.717) is 25.3 Å². The summed E-state index contributed by atoms with van der Waals surface area (Å²) >= 11 is 0. The molecule has 4 heteroatoms. The van der Waals surface area contributed by atoms with Crippen molar-refractivity contribution in [2.45, 2.75) is 38.4 Å². The summed E-state index contributed by atoms with van der Waals surface area (Å²) in [6, 6.07) is 7.53. The van der Waals surface area contributed by atoms with Crippen molar-refractivity contribution in [2.24, 2.45) is 0 Å². The maximum absolute atomic E-state index is 5.63. The van der Waals surface area contributed by atoms with Crippen LogP contribution in [0.3, 0.4) is 0 Å². The number of piperidine rings is 1. The monoisotopic (exact) mass is 276 g/mol. The van der Waals surface area contributed by atoms with Crippen molar-refractivity contribution in [1.29, 1.82) is 0 Å². The van der Waals surface area contributed by atoms with Crippen LogP contribution in [0.1, 0.15) is 25.3 Å². The molecule has 1 aromatic carbocycles. The molecule has 1 fully saturated rings. The lowest BCUT2D eigenvalue weighted by Crippen LogP contribution is -2.45. The fourth-order valence-corrected chi connectivity index (χ4v) is 2.93. The number of nitrogens with zero attached hydrogens (tertiary/aromatic N) is 1. The Morgan fingerprint density at radius 3 is 2.85 bits per heavy atom. The number of nitrogens with one attached hydrogen (secondary N) is 1. The Morgan fingerprint density at radius 2 is 2.05 bits per heavy atom. The van der Waals surface area contributed by atoms with Crippen LogP contribution in [-0.2, 0) is 6.54 Å². The first kappa shape index (κ1) is 13.7. The molecule has 0 spiro atoms. The predicted molar refractivity (Wildman–Crippen MR) is 79.4 cm³/mol. The quantitative estimate of drug-likeness (QED) is 0.916. The zero-order valence-electron chi connectivity index (χ0n) is 12.4. The van der Waals surface area contributed by atoms with E-state index in [9.17, 15) is 0 Å². The largest absolute Gasteiger partial charge is 0.486 e. The summed E-state index contributed by atoms with van der Waals surface area (Å²) in [6.07, 6.45) is 2.45. The molecule has 0 bridgehead atoms. The van der Waals surface area contributed by atoms with Crippen LogP contribution in [0.5, 0.6) is 11.5 Å². The number of fused-ring (bicyclic) bond motifs is 1. The number of likely N-dealkylation sites (tertiary alicyclic amines) is 1. The molecule has 4 nitrogen and oxygen atoms in total. The predicted octanol–water partition coefficient (Wildman–Crippen LogP) is 2.03. The molecule has 0 aromatic heterocycles. The minimum Gasteiger partial charge on any atom is -0.486 e. The summed E-state index contributed by atoms with van der Waals surface area (Å²) in [6.45, 7) is 5.68. The highest BCUT2D eigenvalue weighted by Gasteiger charge is 2.22. The van der Waals surface area contributed by atoms with Crippen LogP contribution < -0.4 is 14.8 Å². The molecule has 1 N–H and O–H groups in total. The second-order valence-electron chi connectivity index (χ2n) is 5.91. The highest BCUT2D eigenvalue weighted by molar-refractivity contribution is 5.43. The van der Waals surface area contributed by atoms with Crippen molar-refractivity contribution < 1.29 is 9.47 Å². The van der Waals surface area contributed by atoms with Crippen molar-refractivity contribution in [3.63, 3.8) is 0 Å². The van der Waals surface area contributed by atoms with Crippen LogP contribution in [-0.4, -0.2) is 43.8 Å². The summed E-state index contributed by atoms with van der Waals surface area (Å²) in [5, 5.41) is 3.67. The van der Waals surface area contributed by atoms with E-state index in [1.165, 1.54) is 24.9 Å². The average Bonchev–Trinajstić information content (AvgIpc) is 2.48. The summed E-state index contributed by atoms with van der Waals surface area (Å²) in [5.74, 6) is 1.75. The molecule has 110 valence electrons. The van der Waals surface area contributed by atoms with Gasteiger partial charge in [0, 0.05) is 18.6 Å². The van der Waals surface area contributed by atoms with Gasteiger partial charge in [0.05, 0.1) is 0 Å². The highest BCUT2D eigenvalue weighted by Crippen LogP contribution is 2.30. The van der Waals surface area contributed by atoms with Crippen LogP contribution in [0.4, 0.5) is 0 Å². The van der Waals surface area contributed by atoms with Crippen LogP contribution in [0.25, 0.3) is 0 Å². The van der Waals surface area contributed by atoms with Crippen molar-refractivity contribution in [3.05, 3.63) is 23.8 Å². The van der Waals surface area contributed by atoms with Gasteiger partial charge in [-0.3, -0.25) is 0 Å². The lowest BCUT2D eigenvalue weighted by Gasteiger charge is -2.35. The Morgan fingerprint density at radius 1 is 1.25 bits per heavy atom. The minimum atomic E-state index is 0.620. The molecule has 20 heavy (non-hydrogen) atoms. The Kier molecular flexibility index (Phi) is 4.13. The molecule has 0 amide bonds. The third kappa shape index (κ3) is 3.07. The SMILES string of the molecule is CC1CC(NCc2ccc3c(c2)OCCO3)CCN1C. The molecule has 2 heterocycles. The van der Waals surface area contributed by atoms with E-state index in [0.717, 1.165) is 18.0 Å². The third-order valence-corrected chi connectivity index (χ3v) is 4.41. The van der Waals surface area contributed by atoms with Gasteiger partial charge in [0.15, 0.2) is 11.5 Å². The number of ether oxygens (including phenoxy) is 2. The average molecular weight is 276 g/mol. The molecule has 1 aromatic rings. The van der Waals surface area contributed by atoms with E-state index in [4.69, 9.17) is 9.47 Å². The first-order valence-corrected chi connectivity index (χ1v) is 7.54. The molecule has 0 radical (unpaired) electrons. The van der Waals surface area contributed by atoms with Gasteiger partial charge in [-0.05, 0) is 51.1 Å². The molecule has 3 rings (SSSR count). The summed E-state index contributed by atoms with van der Waals surface area (Å²) < 4.78 is 11.2. The Hall–Kier alpha value is -1.26. The number of hydrogen-bond donors (Lipinski definition) is 1. The fraction of sp³-hybridized carbons (Fsp3) is 0.625. The summed E-state index contributed by atoms with van der Waals surface area (Å²) in [4.78, 5) is 2.43. The summed E-state index contributed by atoms with van der Waals surface area (Å²) in [5.41, 5.74) is 1.26. The molecule has 0 aliphatic carbocycles. The Labute approximate surface area is 121 Å². The third-order valence-electron chi connectivity index (χ3n) is 4.41. The van der Waals surface area contributed by atoms with Gasteiger partial charge in [0.2, 0.25) is 0 Å². The normalized spacial score (nSPS) is 26.5. The lowest BCUT2D eigenvalue weighted by atomic mass is 9.98. The van der Waals surface area contributed by atoms with E-state index in [1.807, 2.05) is 6.07 Å². The zero-order chi connectivity index (χ0) is 13.9. The number of rotatable bonds is 3. The molecule has 1 saturated heterocycles. The van der Waals surface area contributed by atoms with Crippen molar-refractivity contribution in [1.82, 2.24) is 10.2 Å². The second kappa shape index (κ2) is 6.02. The standard InChI is InChI=1S/C16H24N2O2/c1-12-9-14(5-6-18(12)2)17-11-13-3-4-15-16(10-13)20-8-7-19-15/h3-4,10,12,14,17H,5-9,11H2,1-2H3. The molecule has 0 saturated carbocycles. The first-order chi connectivity index (χ1) is 9.72. The topological polar surface area (TPSA) is 33.7 Å². The van der Waals surface area contributed by atoms with Crippen LogP contribution in [0.15, 0.2) is 18.2 Å². The van der Waals surface area contributed by atoms with Gasteiger partial charge in [0.25, 0.3) is 0 Å². The van der Waals surface area contributed by atoms with Gasteiger partial charge < -0.3 is 19.7 Å². The van der Waals surface area contributed by atoms with Crippen LogP contribution in [0.2, 0.25) is 0 Å². The molecular formula is C16H24N2O2. The van der Waals surface area contributed by atoms with E-state index in [1.54, 1.807) is 0 Å². The fourth-order valence-electron chi connectivity index (χ4n) is 2.93. The van der Waals surface area contributed by atoms with E-state index in [2.05, 4.69) is 36.3 Å². The highest BCUT2D eigenvalue weighted by atomic mass is 16.6. The zero-order valence-corrected chi connectivity index (χ0v) is 12.4. The maximum atomic E-state index is 5.63. The second-order valence-corrected chi connectivity index (χ2v) is 5.91. The number of hydrogen-bond acceptors (Lipinski definition) is 4. The van der Waals surface area contributed by atoms with Gasteiger partial charge in [0.1, 0.15) is 13.2 Å². The van der Waals surface area contributed by atoms with Gasteiger partial charge in [-0.2, -0.15) is 0 Å². The van der Waals surface area contributed by atoms with Gasteiger partial charge >= 0.3 is 0 Å². The molecular weight excluding hydrogens is 252 g/mol. The Bertz CT molecular complexity index is 464. The lowest BCUT2D eigenvalue weighted by molar-refractivity contribution is 0.167. The van der Waals surface area contributed by atoms with Crippen molar-refractivity contribution in [2.75, 3.05) is 26.8 Å². The smallest absolute Gasteiger partial charge is 0.161 e. The van der Waals surface area contributed by atoms with Gasteiger partial charge in [-0.25, -0.2) is 0 Å². The van der Waals surface area contributed by atoms with Crippen LogP contribution in [0, 0.1) is 0 Å². The maximum Gasteiger partial charge on any atom is 0.161 e. The van der Waals surface area contributed by atoms with E-state index < -0.39 is 0 Å². The van der Waals surface area contributed by atoms with Crippen molar-refractivity contribution in [3.8, 4) is 11.5 Å². The first-order valence-electron chi connectivity index (χ1n) is 7.54. The van der Waals surface area contributed by atoms with Gasteiger partial charge in [-0.1, -0.05) is 6.07 Å². The summed E-state index contributed by atoms with van der Waals surface area (Å²) in [7, 11) is 2.21. The van der Waals surface area contributed by atoms with Gasteiger partial charge in [-0.15, -0.1) is 0 Å². The molecule has 2 aliphatic heterocycles. The van der Waals surface area contributed by atoms with E-state index in [-0.39, 0.29) is 0 Å². The molecule has 2 unspecified atom stereocenters. The minimum absolute atomic E-state index is 0.620. The number of benzene rings is 1. The van der Waals surface area contributed by atoms with Crippen LogP contribution >= 0.6 is 0 Å². The van der Waals surface area contributed by atoms with Crippen molar-refractivity contribution >= 4 is 0 Å². The Balaban J connectivity index is 1.56. The molecule has 2 aliphatic rings. The molecule has 2 atom stereocenters. The van der Waals surface area contributed by atoms with E-state index >= 15 is 0 Å².